The van der Waals surface area contributed by atoms with Crippen LogP contribution in [0, 0.1) is 5.82 Å². The minimum Gasteiger partial charge on any atom is -0.453 e. The molecule has 1 saturated heterocycles. The lowest BCUT2D eigenvalue weighted by Crippen LogP contribution is -2.51. The highest BCUT2D eigenvalue weighted by molar-refractivity contribution is 7.22. The number of hydrogen-bond donors (Lipinski definition) is 2. The number of nitrogens with zero attached hydrogens (tertiary/aromatic N) is 3. The molecule has 14 heteroatoms. The van der Waals surface area contributed by atoms with Crippen LogP contribution in [0.3, 0.4) is 0 Å². The van der Waals surface area contributed by atoms with E-state index in [0.29, 0.717) is 64.3 Å². The lowest BCUT2D eigenvalue weighted by atomic mass is 10.1. The molecule has 3 aromatic heterocycles. The lowest BCUT2D eigenvalue weighted by molar-refractivity contribution is -0.0772. The third-order valence-corrected chi connectivity index (χ3v) is 9.02. The molecule has 2 fully saturated rings. The van der Waals surface area contributed by atoms with E-state index >= 15 is 0 Å². The minimum atomic E-state index is -0.578. The number of fused-ring (bicyclic) bond motifs is 1. The Hall–Kier alpha value is -3.76. The second-order valence-electron chi connectivity index (χ2n) is 11.8. The van der Waals surface area contributed by atoms with Crippen molar-refractivity contribution >= 4 is 33.3 Å². The van der Waals surface area contributed by atoms with Crippen LogP contribution in [0.1, 0.15) is 18.4 Å². The monoisotopic (exact) mass is 695 g/mol. The summed E-state index contributed by atoms with van der Waals surface area (Å²) in [5.41, 5.74) is 3.04. The predicted molar refractivity (Wildman–Crippen MR) is 184 cm³/mol. The Labute approximate surface area is 288 Å². The van der Waals surface area contributed by atoms with Gasteiger partial charge in [-0.3, -0.25) is 14.9 Å². The summed E-state index contributed by atoms with van der Waals surface area (Å²) in [5, 5.41) is 5.48. The standard InChI is InChI=1S/C35H42FN5O7S/c1-43-10-11-44-12-13-45-14-15-46-16-17-47-27-22-41(23-27)21-24-2-6-29(38-20-24)33-19-30-34(49-33)32(8-9-37-30)48-31-7-5-26(18-28(31)36)40-35(42)39-25-3-4-25/h2,5-9,18-20,25,27H,3-4,10-17,21-23H2,1H3,(H2,39,40,42). The molecule has 0 atom stereocenters. The van der Waals surface area contributed by atoms with E-state index in [1.54, 1.807) is 25.4 Å². The largest absolute Gasteiger partial charge is 0.453 e. The molecule has 4 heterocycles. The first-order valence-electron chi connectivity index (χ1n) is 16.5. The van der Waals surface area contributed by atoms with Crippen LogP contribution < -0.4 is 15.4 Å². The zero-order valence-electron chi connectivity index (χ0n) is 27.5. The number of amides is 2. The molecule has 49 heavy (non-hydrogen) atoms. The number of aromatic nitrogens is 2. The second-order valence-corrected chi connectivity index (χ2v) is 12.9. The van der Waals surface area contributed by atoms with Crippen LogP contribution >= 0.6 is 11.3 Å². The summed E-state index contributed by atoms with van der Waals surface area (Å²) in [4.78, 5) is 24.5. The molecule has 0 radical (unpaired) electrons. The Bertz CT molecular complexity index is 1650. The van der Waals surface area contributed by atoms with E-state index in [9.17, 15) is 9.18 Å². The highest BCUT2D eigenvalue weighted by Crippen LogP contribution is 2.39. The highest BCUT2D eigenvalue weighted by atomic mass is 32.1. The smallest absolute Gasteiger partial charge is 0.319 e. The van der Waals surface area contributed by atoms with Crippen LogP contribution in [0.4, 0.5) is 14.9 Å². The van der Waals surface area contributed by atoms with E-state index in [4.69, 9.17) is 33.4 Å². The van der Waals surface area contributed by atoms with E-state index in [1.165, 1.54) is 23.5 Å². The summed E-state index contributed by atoms with van der Waals surface area (Å²) in [6.07, 6.45) is 5.69. The van der Waals surface area contributed by atoms with Gasteiger partial charge in [-0.1, -0.05) is 6.07 Å². The third-order valence-electron chi connectivity index (χ3n) is 7.86. The van der Waals surface area contributed by atoms with Gasteiger partial charge in [0.15, 0.2) is 11.6 Å². The fraction of sp³-hybridized carbons (Fsp3) is 0.457. The molecule has 4 aromatic rings. The zero-order valence-corrected chi connectivity index (χ0v) is 28.3. The van der Waals surface area contributed by atoms with Gasteiger partial charge in [-0.2, -0.15) is 0 Å². The predicted octanol–water partition coefficient (Wildman–Crippen LogP) is 5.47. The lowest BCUT2D eigenvalue weighted by Gasteiger charge is -2.38. The van der Waals surface area contributed by atoms with Gasteiger partial charge in [0.05, 0.1) is 79.7 Å². The SMILES string of the molecule is COCCOCCOCCOCCOC1CN(Cc2ccc(-c3cc4nccc(Oc5ccc(NC(=O)NC6CC6)cc5F)c4s3)nc2)C1. The van der Waals surface area contributed by atoms with E-state index < -0.39 is 5.82 Å². The van der Waals surface area contributed by atoms with E-state index in [-0.39, 0.29) is 23.9 Å². The number of anilines is 1. The zero-order chi connectivity index (χ0) is 33.8. The molecule has 262 valence electrons. The number of hydrogen-bond acceptors (Lipinski definition) is 11. The van der Waals surface area contributed by atoms with E-state index in [1.807, 2.05) is 18.3 Å². The average Bonchev–Trinajstić information content (AvgIpc) is 3.78. The number of pyridine rings is 2. The number of benzene rings is 1. The highest BCUT2D eigenvalue weighted by Gasteiger charge is 2.27. The summed E-state index contributed by atoms with van der Waals surface area (Å²) < 4.78 is 48.9. The first kappa shape index (κ1) is 35.1. The number of thiophene rings is 1. The fourth-order valence-corrected chi connectivity index (χ4v) is 6.16. The number of ether oxygens (including phenoxy) is 6. The third kappa shape index (κ3) is 10.6. The van der Waals surface area contributed by atoms with Gasteiger partial charge in [-0.05, 0) is 42.7 Å². The average molecular weight is 696 g/mol. The maximum atomic E-state index is 14.9. The summed E-state index contributed by atoms with van der Waals surface area (Å²) in [7, 11) is 1.65. The number of urea groups is 1. The number of nitrogens with one attached hydrogen (secondary N) is 2. The minimum absolute atomic E-state index is 0.0579. The van der Waals surface area contributed by atoms with Crippen molar-refractivity contribution in [3.05, 3.63) is 66.2 Å². The van der Waals surface area contributed by atoms with Crippen molar-refractivity contribution in [2.24, 2.45) is 0 Å². The van der Waals surface area contributed by atoms with Crippen molar-refractivity contribution < 1.29 is 37.6 Å². The maximum absolute atomic E-state index is 14.9. The van der Waals surface area contributed by atoms with Gasteiger partial charge in [0.25, 0.3) is 0 Å². The van der Waals surface area contributed by atoms with Gasteiger partial charge < -0.3 is 39.1 Å². The summed E-state index contributed by atoms with van der Waals surface area (Å²) in [6, 6.07) is 12.0. The van der Waals surface area contributed by atoms with Crippen LogP contribution in [0.2, 0.25) is 0 Å². The molecular weight excluding hydrogens is 653 g/mol. The van der Waals surface area contributed by atoms with Crippen molar-refractivity contribution in [2.45, 2.75) is 31.5 Å². The first-order chi connectivity index (χ1) is 24.0. The number of carbonyl (C=O) groups is 1. The van der Waals surface area contributed by atoms with Crippen LogP contribution in [0.25, 0.3) is 20.8 Å². The number of halogens is 1. The Morgan fingerprint density at radius 1 is 0.918 bits per heavy atom. The van der Waals surface area contributed by atoms with Crippen LogP contribution in [-0.4, -0.2) is 106 Å². The first-order valence-corrected chi connectivity index (χ1v) is 17.3. The van der Waals surface area contributed by atoms with Gasteiger partial charge in [-0.15, -0.1) is 11.3 Å². The summed E-state index contributed by atoms with van der Waals surface area (Å²) in [6.45, 7) is 6.96. The summed E-state index contributed by atoms with van der Waals surface area (Å²) in [5.74, 6) is -0.0248. The molecule has 1 aromatic carbocycles. The molecule has 6 rings (SSSR count). The molecule has 0 unspecified atom stereocenters. The molecule has 1 aliphatic carbocycles. The number of methoxy groups -OCH3 is 1. The van der Waals surface area contributed by atoms with Crippen LogP contribution in [-0.2, 0) is 30.2 Å². The van der Waals surface area contributed by atoms with Crippen molar-refractivity contribution in [1.82, 2.24) is 20.2 Å². The van der Waals surface area contributed by atoms with Crippen LogP contribution in [0.15, 0.2) is 54.9 Å². The van der Waals surface area contributed by atoms with Gasteiger partial charge in [-0.25, -0.2) is 9.18 Å². The van der Waals surface area contributed by atoms with E-state index in [2.05, 4.69) is 26.6 Å². The summed E-state index contributed by atoms with van der Waals surface area (Å²) >= 11 is 1.49. The fourth-order valence-electron chi connectivity index (χ4n) is 5.12. The van der Waals surface area contributed by atoms with Gasteiger partial charge in [0.1, 0.15) is 5.75 Å². The van der Waals surface area contributed by atoms with Crippen LogP contribution in [0.5, 0.6) is 11.5 Å². The molecule has 1 saturated carbocycles. The van der Waals surface area contributed by atoms with Gasteiger partial charge in [0.2, 0.25) is 0 Å². The topological polar surface area (TPSA) is 126 Å². The Kier molecular flexibility index (Phi) is 12.7. The number of rotatable bonds is 20. The van der Waals surface area contributed by atoms with E-state index in [0.717, 1.165) is 58.8 Å². The second kappa shape index (κ2) is 17.8. The Morgan fingerprint density at radius 2 is 1.67 bits per heavy atom. The molecule has 2 aliphatic rings. The van der Waals surface area contributed by atoms with Gasteiger partial charge >= 0.3 is 6.03 Å². The quantitative estimate of drug-likeness (QED) is 0.115. The molecule has 1 aliphatic heterocycles. The van der Waals surface area contributed by atoms with Gasteiger partial charge in [0, 0.05) is 63.0 Å². The number of likely N-dealkylation sites (tertiary alicyclic amines) is 1. The molecular formula is C35H42FN5O7S. The maximum Gasteiger partial charge on any atom is 0.319 e. The van der Waals surface area contributed by atoms with Crippen molar-refractivity contribution in [1.29, 1.82) is 0 Å². The normalized spacial score (nSPS) is 15.0. The number of carbonyl (C=O) groups excluding carboxylic acids is 1. The molecule has 0 bridgehead atoms. The van der Waals surface area contributed by atoms with Crippen molar-refractivity contribution in [3.8, 4) is 22.1 Å². The van der Waals surface area contributed by atoms with Crippen molar-refractivity contribution in [2.75, 3.05) is 78.4 Å². The molecule has 2 amide bonds. The molecule has 2 N–H and O–H groups in total. The Morgan fingerprint density at radius 3 is 2.37 bits per heavy atom. The molecule has 12 nitrogen and oxygen atoms in total. The Balaban J connectivity index is 0.911. The van der Waals surface area contributed by atoms with Crippen molar-refractivity contribution in [3.63, 3.8) is 0 Å². The molecule has 0 spiro atoms.